The minimum Gasteiger partial charge on any atom is -0.361 e. The van der Waals surface area contributed by atoms with Crippen molar-refractivity contribution in [3.05, 3.63) is 51.1 Å². The first-order chi connectivity index (χ1) is 9.40. The molecule has 0 radical (unpaired) electrons. The number of hydrogen-bond acceptors (Lipinski definition) is 3. The van der Waals surface area contributed by atoms with Crippen LogP contribution in [0.3, 0.4) is 0 Å². The lowest BCUT2D eigenvalue weighted by atomic mass is 10.0. The maximum absolute atomic E-state index is 13.9. The Balaban J connectivity index is 2.19. The van der Waals surface area contributed by atoms with E-state index in [9.17, 15) is 4.39 Å². The fourth-order valence-corrected chi connectivity index (χ4v) is 2.88. The number of aryl methyl sites for hydroxylation is 2. The maximum Gasteiger partial charge on any atom is 0.138 e. The first-order valence-electron chi connectivity index (χ1n) is 6.54. The van der Waals surface area contributed by atoms with Crippen molar-refractivity contribution in [3.8, 4) is 0 Å². The maximum atomic E-state index is 13.9. The largest absolute Gasteiger partial charge is 0.361 e. The van der Waals surface area contributed by atoms with Crippen LogP contribution in [0.4, 0.5) is 4.39 Å². The van der Waals surface area contributed by atoms with Crippen molar-refractivity contribution in [2.45, 2.75) is 39.8 Å². The number of nitrogens with zero attached hydrogens (tertiary/aromatic N) is 1. The number of halogens is 2. The monoisotopic (exact) mass is 340 g/mol. The summed E-state index contributed by atoms with van der Waals surface area (Å²) in [5, 5.41) is 7.34. The zero-order chi connectivity index (χ0) is 14.9. The van der Waals surface area contributed by atoms with E-state index in [0.717, 1.165) is 21.5 Å². The molecule has 0 aliphatic rings. The summed E-state index contributed by atoms with van der Waals surface area (Å²) in [5.74, 6) is 0.587. The third-order valence-corrected chi connectivity index (χ3v) is 3.94. The summed E-state index contributed by atoms with van der Waals surface area (Å²) < 4.78 is 19.9. The third-order valence-electron chi connectivity index (χ3n) is 3.45. The number of nitrogens with one attached hydrogen (secondary N) is 1. The predicted octanol–water partition coefficient (Wildman–Crippen LogP) is 4.60. The zero-order valence-corrected chi connectivity index (χ0v) is 13.6. The van der Waals surface area contributed by atoms with E-state index in [1.165, 1.54) is 6.07 Å². The third kappa shape index (κ3) is 3.10. The minimum absolute atomic E-state index is 0.0367. The van der Waals surface area contributed by atoms with Gasteiger partial charge in [-0.1, -0.05) is 21.1 Å². The molecular formula is C15H18BrFN2O. The lowest BCUT2D eigenvalue weighted by Crippen LogP contribution is -2.24. The molecule has 1 aromatic heterocycles. The smallest absolute Gasteiger partial charge is 0.138 e. The molecule has 0 fully saturated rings. The minimum atomic E-state index is -0.209. The van der Waals surface area contributed by atoms with Crippen LogP contribution in [0.15, 0.2) is 27.2 Å². The van der Waals surface area contributed by atoms with Gasteiger partial charge in [-0.25, -0.2) is 4.39 Å². The summed E-state index contributed by atoms with van der Waals surface area (Å²) in [6.07, 6.45) is 0. The molecule has 3 nitrogen and oxygen atoms in total. The second-order valence-corrected chi connectivity index (χ2v) is 5.93. The van der Waals surface area contributed by atoms with Crippen LogP contribution in [-0.4, -0.2) is 5.16 Å². The van der Waals surface area contributed by atoms with Crippen molar-refractivity contribution in [3.63, 3.8) is 0 Å². The van der Waals surface area contributed by atoms with Gasteiger partial charge in [0.1, 0.15) is 11.6 Å². The van der Waals surface area contributed by atoms with Crippen LogP contribution in [0.5, 0.6) is 0 Å². The molecule has 5 heteroatoms. The van der Waals surface area contributed by atoms with Crippen molar-refractivity contribution in [1.82, 2.24) is 10.5 Å². The van der Waals surface area contributed by atoms with E-state index in [1.54, 1.807) is 12.1 Å². The molecule has 2 rings (SSSR count). The van der Waals surface area contributed by atoms with Crippen molar-refractivity contribution in [1.29, 1.82) is 0 Å². The van der Waals surface area contributed by atoms with E-state index in [0.29, 0.717) is 5.56 Å². The molecule has 0 spiro atoms. The van der Waals surface area contributed by atoms with Crippen molar-refractivity contribution < 1.29 is 8.91 Å². The van der Waals surface area contributed by atoms with Gasteiger partial charge in [-0.15, -0.1) is 0 Å². The fourth-order valence-electron chi connectivity index (χ4n) is 2.50. The summed E-state index contributed by atoms with van der Waals surface area (Å²) in [5.41, 5.74) is 2.54. The SMILES string of the molecule is Cc1noc(C)c1[C@@H](C)N[C@H](C)c1cc(Br)ccc1F. The fraction of sp³-hybridized carbons (Fsp3) is 0.400. The van der Waals surface area contributed by atoms with Gasteiger partial charge < -0.3 is 9.84 Å². The van der Waals surface area contributed by atoms with Crippen LogP contribution >= 0.6 is 15.9 Å². The van der Waals surface area contributed by atoms with Crippen LogP contribution in [0.25, 0.3) is 0 Å². The highest BCUT2D eigenvalue weighted by Crippen LogP contribution is 2.26. The van der Waals surface area contributed by atoms with E-state index < -0.39 is 0 Å². The van der Waals surface area contributed by atoms with Crippen molar-refractivity contribution in [2.24, 2.45) is 0 Å². The van der Waals surface area contributed by atoms with Crippen molar-refractivity contribution in [2.75, 3.05) is 0 Å². The molecule has 0 unspecified atom stereocenters. The molecule has 0 saturated heterocycles. The highest BCUT2D eigenvalue weighted by atomic mass is 79.9. The molecule has 0 saturated carbocycles. The van der Waals surface area contributed by atoms with Gasteiger partial charge in [0.2, 0.25) is 0 Å². The summed E-state index contributed by atoms with van der Waals surface area (Å²) in [7, 11) is 0. The molecule has 1 heterocycles. The Morgan fingerprint density at radius 2 is 1.95 bits per heavy atom. The van der Waals surface area contributed by atoms with Crippen LogP contribution in [-0.2, 0) is 0 Å². The lowest BCUT2D eigenvalue weighted by Gasteiger charge is -2.21. The van der Waals surface area contributed by atoms with Gasteiger partial charge >= 0.3 is 0 Å². The highest BCUT2D eigenvalue weighted by molar-refractivity contribution is 9.10. The van der Waals surface area contributed by atoms with Gasteiger partial charge in [-0.3, -0.25) is 0 Å². The van der Waals surface area contributed by atoms with Gasteiger partial charge in [0.25, 0.3) is 0 Å². The van der Waals surface area contributed by atoms with Gasteiger partial charge in [0.15, 0.2) is 0 Å². The molecule has 108 valence electrons. The van der Waals surface area contributed by atoms with E-state index >= 15 is 0 Å². The average molecular weight is 341 g/mol. The van der Waals surface area contributed by atoms with E-state index in [1.807, 2.05) is 27.7 Å². The van der Waals surface area contributed by atoms with Gasteiger partial charge in [0.05, 0.1) is 5.69 Å². The molecule has 2 aromatic rings. The molecule has 1 N–H and O–H groups in total. The topological polar surface area (TPSA) is 38.1 Å². The quantitative estimate of drug-likeness (QED) is 0.883. The van der Waals surface area contributed by atoms with E-state index in [2.05, 4.69) is 26.4 Å². The van der Waals surface area contributed by atoms with Crippen molar-refractivity contribution >= 4 is 15.9 Å². The Hall–Kier alpha value is -1.20. The number of benzene rings is 1. The molecular weight excluding hydrogens is 323 g/mol. The first-order valence-corrected chi connectivity index (χ1v) is 7.33. The molecule has 20 heavy (non-hydrogen) atoms. The molecule has 0 bridgehead atoms. The van der Waals surface area contributed by atoms with Crippen LogP contribution in [0, 0.1) is 19.7 Å². The zero-order valence-electron chi connectivity index (χ0n) is 12.0. The van der Waals surface area contributed by atoms with E-state index in [4.69, 9.17) is 4.52 Å². The molecule has 0 amide bonds. The Morgan fingerprint density at radius 3 is 2.55 bits per heavy atom. The number of rotatable bonds is 4. The van der Waals surface area contributed by atoms with Crippen LogP contribution in [0.2, 0.25) is 0 Å². The lowest BCUT2D eigenvalue weighted by molar-refractivity contribution is 0.389. The molecule has 0 aliphatic carbocycles. The Morgan fingerprint density at radius 1 is 1.25 bits per heavy atom. The molecule has 1 aromatic carbocycles. The second-order valence-electron chi connectivity index (χ2n) is 5.01. The Kier molecular flexibility index (Phi) is 4.60. The van der Waals surface area contributed by atoms with E-state index in [-0.39, 0.29) is 17.9 Å². The number of aromatic nitrogens is 1. The standard InChI is InChI=1S/C15H18BrFN2O/c1-8(13-7-12(16)5-6-14(13)17)18-9(2)15-10(3)19-20-11(15)4/h5-9,18H,1-4H3/t8-,9-/m1/s1. The first kappa shape index (κ1) is 15.2. The summed E-state index contributed by atoms with van der Waals surface area (Å²) >= 11 is 3.37. The summed E-state index contributed by atoms with van der Waals surface area (Å²) in [6, 6.07) is 4.89. The predicted molar refractivity (Wildman–Crippen MR) is 80.0 cm³/mol. The van der Waals surface area contributed by atoms with Gasteiger partial charge in [-0.2, -0.15) is 0 Å². The highest BCUT2D eigenvalue weighted by Gasteiger charge is 2.20. The molecule has 0 aliphatic heterocycles. The summed E-state index contributed by atoms with van der Waals surface area (Å²) in [6.45, 7) is 7.77. The van der Waals surface area contributed by atoms with Crippen LogP contribution < -0.4 is 5.32 Å². The number of hydrogen-bond donors (Lipinski definition) is 1. The Labute approximate surface area is 126 Å². The summed E-state index contributed by atoms with van der Waals surface area (Å²) in [4.78, 5) is 0. The van der Waals surface area contributed by atoms with Crippen LogP contribution in [0.1, 0.15) is 48.5 Å². The van der Waals surface area contributed by atoms with Gasteiger partial charge in [-0.05, 0) is 45.9 Å². The molecule has 2 atom stereocenters. The Bertz CT molecular complexity index is 592. The van der Waals surface area contributed by atoms with Gasteiger partial charge in [0, 0.05) is 27.7 Å². The average Bonchev–Trinajstić information content (AvgIpc) is 2.71. The second kappa shape index (κ2) is 6.06. The normalized spacial score (nSPS) is 14.3.